The SMILES string of the molecule is CC(=O)NC(CC(=O)Nc1nc(CN2CCCCC2)cs1)c1ccccc1. The Bertz CT molecular complexity index is 756. The molecular weight excluding hydrogens is 360 g/mol. The van der Waals surface area contributed by atoms with Crippen LogP contribution in [0.1, 0.15) is 49.9 Å². The predicted octanol–water partition coefficient (Wildman–Crippen LogP) is 3.34. The first kappa shape index (κ1) is 19.5. The molecule has 27 heavy (non-hydrogen) atoms. The van der Waals surface area contributed by atoms with Crippen molar-refractivity contribution in [1.82, 2.24) is 15.2 Å². The number of amides is 2. The molecule has 2 aromatic rings. The Kier molecular flexibility index (Phi) is 6.95. The van der Waals surface area contributed by atoms with Gasteiger partial charge in [-0.2, -0.15) is 0 Å². The molecule has 0 radical (unpaired) electrons. The fourth-order valence-corrected chi connectivity index (χ4v) is 4.04. The van der Waals surface area contributed by atoms with Crippen molar-refractivity contribution in [1.29, 1.82) is 0 Å². The number of likely N-dealkylation sites (tertiary alicyclic amines) is 1. The second kappa shape index (κ2) is 9.62. The molecule has 2 N–H and O–H groups in total. The van der Waals surface area contributed by atoms with E-state index in [1.165, 1.54) is 37.5 Å². The van der Waals surface area contributed by atoms with E-state index in [1.54, 1.807) is 0 Å². The van der Waals surface area contributed by atoms with Crippen molar-refractivity contribution in [3.8, 4) is 0 Å². The average molecular weight is 387 g/mol. The van der Waals surface area contributed by atoms with Crippen LogP contribution >= 0.6 is 11.3 Å². The second-order valence-corrected chi connectivity index (χ2v) is 7.76. The summed E-state index contributed by atoms with van der Waals surface area (Å²) in [7, 11) is 0. The highest BCUT2D eigenvalue weighted by molar-refractivity contribution is 7.13. The molecular formula is C20H26N4O2S. The second-order valence-electron chi connectivity index (χ2n) is 6.90. The number of aromatic nitrogens is 1. The Morgan fingerprint density at radius 2 is 1.93 bits per heavy atom. The summed E-state index contributed by atoms with van der Waals surface area (Å²) in [6.45, 7) is 4.54. The van der Waals surface area contributed by atoms with Crippen molar-refractivity contribution in [2.45, 2.75) is 45.2 Å². The third-order valence-corrected chi connectivity index (χ3v) is 5.41. The predicted molar refractivity (Wildman–Crippen MR) is 107 cm³/mol. The number of hydrogen-bond donors (Lipinski definition) is 2. The number of carbonyl (C=O) groups excluding carboxylic acids is 2. The van der Waals surface area contributed by atoms with E-state index in [1.807, 2.05) is 35.7 Å². The molecule has 1 aliphatic rings. The summed E-state index contributed by atoms with van der Waals surface area (Å²) in [6.07, 6.45) is 3.98. The van der Waals surface area contributed by atoms with Crippen molar-refractivity contribution >= 4 is 28.3 Å². The zero-order valence-electron chi connectivity index (χ0n) is 15.6. The van der Waals surface area contributed by atoms with E-state index in [4.69, 9.17) is 0 Å². The summed E-state index contributed by atoms with van der Waals surface area (Å²) in [5, 5.41) is 8.34. The highest BCUT2D eigenvalue weighted by atomic mass is 32.1. The quantitative estimate of drug-likeness (QED) is 0.765. The standard InChI is InChI=1S/C20H26N4O2S/c1-15(25)21-18(16-8-4-2-5-9-16)12-19(26)23-20-22-17(14-27-20)13-24-10-6-3-7-11-24/h2,4-5,8-9,14,18H,3,6-7,10-13H2,1H3,(H,21,25)(H,22,23,26). The molecule has 1 aliphatic heterocycles. The minimum Gasteiger partial charge on any atom is -0.349 e. The van der Waals surface area contributed by atoms with Crippen LogP contribution in [0.15, 0.2) is 35.7 Å². The van der Waals surface area contributed by atoms with Crippen molar-refractivity contribution in [2.75, 3.05) is 18.4 Å². The summed E-state index contributed by atoms with van der Waals surface area (Å²) < 4.78 is 0. The van der Waals surface area contributed by atoms with Crippen molar-refractivity contribution < 1.29 is 9.59 Å². The van der Waals surface area contributed by atoms with Gasteiger partial charge in [0.2, 0.25) is 11.8 Å². The monoisotopic (exact) mass is 386 g/mol. The Morgan fingerprint density at radius 3 is 2.63 bits per heavy atom. The molecule has 2 heterocycles. The van der Waals surface area contributed by atoms with E-state index in [2.05, 4.69) is 20.5 Å². The first-order chi connectivity index (χ1) is 13.1. The first-order valence-corrected chi connectivity index (χ1v) is 10.3. The molecule has 1 saturated heterocycles. The van der Waals surface area contributed by atoms with Crippen LogP contribution in [0, 0.1) is 0 Å². The highest BCUT2D eigenvalue weighted by Gasteiger charge is 2.18. The first-order valence-electron chi connectivity index (χ1n) is 9.39. The lowest BCUT2D eigenvalue weighted by Crippen LogP contribution is -2.30. The zero-order chi connectivity index (χ0) is 19.1. The van der Waals surface area contributed by atoms with Crippen molar-refractivity contribution in [3.63, 3.8) is 0 Å². The summed E-state index contributed by atoms with van der Waals surface area (Å²) >= 11 is 1.45. The van der Waals surface area contributed by atoms with Crippen LogP contribution < -0.4 is 10.6 Å². The third kappa shape index (κ3) is 6.15. The van der Waals surface area contributed by atoms with Gasteiger partial charge >= 0.3 is 0 Å². The maximum Gasteiger partial charge on any atom is 0.228 e. The fourth-order valence-electron chi connectivity index (χ4n) is 3.32. The number of hydrogen-bond acceptors (Lipinski definition) is 5. The van der Waals surface area contributed by atoms with E-state index >= 15 is 0 Å². The maximum absolute atomic E-state index is 12.5. The minimum atomic E-state index is -0.350. The van der Waals surface area contributed by atoms with Gasteiger partial charge in [-0.05, 0) is 31.5 Å². The van der Waals surface area contributed by atoms with Crippen LogP contribution in [-0.2, 0) is 16.1 Å². The van der Waals surface area contributed by atoms with E-state index in [0.29, 0.717) is 5.13 Å². The minimum absolute atomic E-state index is 0.156. The number of piperidine rings is 1. The molecule has 1 unspecified atom stereocenters. The highest BCUT2D eigenvalue weighted by Crippen LogP contribution is 2.21. The molecule has 3 rings (SSSR count). The van der Waals surface area contributed by atoms with E-state index in [-0.39, 0.29) is 24.3 Å². The molecule has 1 aromatic carbocycles. The van der Waals surface area contributed by atoms with Gasteiger partial charge in [0, 0.05) is 18.8 Å². The van der Waals surface area contributed by atoms with Crippen LogP contribution in [0.25, 0.3) is 0 Å². The molecule has 0 saturated carbocycles. The summed E-state index contributed by atoms with van der Waals surface area (Å²) in [5.41, 5.74) is 1.91. The van der Waals surface area contributed by atoms with Crippen molar-refractivity contribution in [3.05, 3.63) is 47.0 Å². The Morgan fingerprint density at radius 1 is 1.19 bits per heavy atom. The molecule has 0 bridgehead atoms. The number of nitrogens with zero attached hydrogens (tertiary/aromatic N) is 2. The normalized spacial score (nSPS) is 15.9. The number of rotatable bonds is 7. The lowest BCUT2D eigenvalue weighted by atomic mass is 10.0. The van der Waals surface area contributed by atoms with Gasteiger partial charge in [-0.15, -0.1) is 11.3 Å². The topological polar surface area (TPSA) is 74.3 Å². The van der Waals surface area contributed by atoms with Gasteiger partial charge in [-0.1, -0.05) is 36.8 Å². The Hall–Kier alpha value is -2.25. The summed E-state index contributed by atoms with van der Waals surface area (Å²) in [5.74, 6) is -0.314. The van der Waals surface area contributed by atoms with Crippen molar-refractivity contribution in [2.24, 2.45) is 0 Å². The van der Waals surface area contributed by atoms with Gasteiger partial charge < -0.3 is 10.6 Å². The van der Waals surface area contributed by atoms with E-state index in [9.17, 15) is 9.59 Å². The van der Waals surface area contributed by atoms with Crippen LogP contribution in [0.3, 0.4) is 0 Å². The Balaban J connectivity index is 1.56. The molecule has 144 valence electrons. The average Bonchev–Trinajstić information content (AvgIpc) is 3.09. The summed E-state index contributed by atoms with van der Waals surface area (Å²) in [6, 6.07) is 9.18. The van der Waals surface area contributed by atoms with Gasteiger partial charge in [0.15, 0.2) is 5.13 Å². The molecule has 1 fully saturated rings. The molecule has 0 aliphatic carbocycles. The van der Waals surface area contributed by atoms with Crippen LogP contribution in [0.4, 0.5) is 5.13 Å². The molecule has 6 nitrogen and oxygen atoms in total. The molecule has 1 aromatic heterocycles. The molecule has 7 heteroatoms. The third-order valence-electron chi connectivity index (χ3n) is 4.60. The zero-order valence-corrected chi connectivity index (χ0v) is 16.4. The molecule has 0 spiro atoms. The fraction of sp³-hybridized carbons (Fsp3) is 0.450. The van der Waals surface area contributed by atoms with Crippen LogP contribution in [-0.4, -0.2) is 34.8 Å². The number of thiazole rings is 1. The number of benzene rings is 1. The lowest BCUT2D eigenvalue weighted by Gasteiger charge is -2.25. The number of carbonyl (C=O) groups is 2. The van der Waals surface area contributed by atoms with Gasteiger partial charge in [-0.25, -0.2) is 4.98 Å². The largest absolute Gasteiger partial charge is 0.349 e. The lowest BCUT2D eigenvalue weighted by molar-refractivity contribution is -0.120. The van der Waals surface area contributed by atoms with Gasteiger partial charge in [0.1, 0.15) is 0 Å². The smallest absolute Gasteiger partial charge is 0.228 e. The van der Waals surface area contributed by atoms with E-state index < -0.39 is 0 Å². The number of anilines is 1. The van der Waals surface area contributed by atoms with Crippen LogP contribution in [0.5, 0.6) is 0 Å². The van der Waals surface area contributed by atoms with Gasteiger partial charge in [-0.3, -0.25) is 14.5 Å². The summed E-state index contributed by atoms with van der Waals surface area (Å²) in [4.78, 5) is 30.9. The molecule has 1 atom stereocenters. The molecule has 2 amide bonds. The van der Waals surface area contributed by atoms with E-state index in [0.717, 1.165) is 30.9 Å². The maximum atomic E-state index is 12.5. The van der Waals surface area contributed by atoms with Crippen LogP contribution in [0.2, 0.25) is 0 Å². The van der Waals surface area contributed by atoms with Gasteiger partial charge in [0.05, 0.1) is 18.2 Å². The number of nitrogens with one attached hydrogen (secondary N) is 2. The Labute approximate surface area is 164 Å². The van der Waals surface area contributed by atoms with Gasteiger partial charge in [0.25, 0.3) is 0 Å².